The number of carbonyl (C=O) groups excluding carboxylic acids is 4. The van der Waals surface area contributed by atoms with Crippen LogP contribution in [0.4, 0.5) is 0 Å². The van der Waals surface area contributed by atoms with Crippen LogP contribution in [0.3, 0.4) is 0 Å². The minimum Gasteiger partial charge on any atom is -0.480 e. The Morgan fingerprint density at radius 2 is 1.50 bits per heavy atom. The van der Waals surface area contributed by atoms with Crippen LogP contribution in [-0.2, 0) is 24.0 Å². The van der Waals surface area contributed by atoms with Gasteiger partial charge in [-0.1, -0.05) is 13.8 Å². The van der Waals surface area contributed by atoms with Crippen LogP contribution in [0.5, 0.6) is 0 Å². The Hall–Kier alpha value is -2.34. The first-order chi connectivity index (χ1) is 13.9. The van der Waals surface area contributed by atoms with Crippen molar-refractivity contribution < 1.29 is 29.1 Å². The molecule has 4 atom stereocenters. The SMILES string of the molecule is CSCCC(NC(=O)C(CC(C)C)NC(=O)C(C)NC(=O)C(N)CC(N)=O)C(=O)O. The van der Waals surface area contributed by atoms with Gasteiger partial charge in [-0.05, 0) is 37.7 Å². The zero-order valence-corrected chi connectivity index (χ0v) is 18.6. The molecule has 0 saturated carbocycles. The minimum atomic E-state index is -1.19. The van der Waals surface area contributed by atoms with Crippen molar-refractivity contribution in [2.75, 3.05) is 12.0 Å². The minimum absolute atomic E-state index is 0.0319. The lowest BCUT2D eigenvalue weighted by atomic mass is 10.0. The Morgan fingerprint density at radius 3 is 1.97 bits per heavy atom. The van der Waals surface area contributed by atoms with Crippen LogP contribution in [0.1, 0.15) is 40.0 Å². The Bertz CT molecular complexity index is 630. The van der Waals surface area contributed by atoms with Crippen LogP contribution in [0.15, 0.2) is 0 Å². The third-order valence-corrected chi connectivity index (χ3v) is 4.72. The molecule has 0 aromatic carbocycles. The third kappa shape index (κ3) is 11.0. The summed E-state index contributed by atoms with van der Waals surface area (Å²) in [7, 11) is 0. The van der Waals surface area contributed by atoms with E-state index in [-0.39, 0.29) is 25.2 Å². The predicted molar refractivity (Wildman–Crippen MR) is 113 cm³/mol. The first kappa shape index (κ1) is 27.7. The molecule has 12 heteroatoms. The third-order valence-electron chi connectivity index (χ3n) is 4.08. The van der Waals surface area contributed by atoms with E-state index in [0.29, 0.717) is 5.75 Å². The molecule has 0 aromatic heterocycles. The molecule has 4 unspecified atom stereocenters. The monoisotopic (exact) mass is 447 g/mol. The summed E-state index contributed by atoms with van der Waals surface area (Å²) in [6.45, 7) is 5.10. The number of rotatable bonds is 14. The Balaban J connectivity index is 5.07. The fraction of sp³-hybridized carbons (Fsp3) is 0.722. The number of nitrogens with one attached hydrogen (secondary N) is 3. The van der Waals surface area contributed by atoms with Gasteiger partial charge in [0.1, 0.15) is 18.1 Å². The highest BCUT2D eigenvalue weighted by atomic mass is 32.2. The maximum atomic E-state index is 12.6. The first-order valence-corrected chi connectivity index (χ1v) is 10.9. The summed E-state index contributed by atoms with van der Waals surface area (Å²) in [5.74, 6) is -3.32. The van der Waals surface area contributed by atoms with E-state index >= 15 is 0 Å². The quantitative estimate of drug-likeness (QED) is 0.186. The Labute approximate surface area is 180 Å². The molecule has 0 aliphatic rings. The number of carboxylic acids is 1. The molecule has 0 bridgehead atoms. The number of hydrogen-bond donors (Lipinski definition) is 6. The summed E-state index contributed by atoms with van der Waals surface area (Å²) in [6, 6.07) is -4.28. The van der Waals surface area contributed by atoms with Crippen molar-refractivity contribution in [3.8, 4) is 0 Å². The van der Waals surface area contributed by atoms with Crippen LogP contribution >= 0.6 is 11.8 Å². The van der Waals surface area contributed by atoms with Crippen LogP contribution in [0.2, 0.25) is 0 Å². The molecule has 0 saturated heterocycles. The molecular formula is C18H33N5O6S. The molecule has 4 amide bonds. The second-order valence-electron chi connectivity index (χ2n) is 7.38. The van der Waals surface area contributed by atoms with Gasteiger partial charge in [-0.15, -0.1) is 0 Å². The highest BCUT2D eigenvalue weighted by molar-refractivity contribution is 7.98. The van der Waals surface area contributed by atoms with Gasteiger partial charge in [0, 0.05) is 0 Å². The van der Waals surface area contributed by atoms with Gasteiger partial charge in [-0.2, -0.15) is 11.8 Å². The predicted octanol–water partition coefficient (Wildman–Crippen LogP) is -1.45. The molecule has 0 aromatic rings. The summed E-state index contributed by atoms with van der Waals surface area (Å²) in [5, 5.41) is 16.6. The summed E-state index contributed by atoms with van der Waals surface area (Å²) in [6.07, 6.45) is 1.97. The van der Waals surface area contributed by atoms with Gasteiger partial charge in [-0.25, -0.2) is 4.79 Å². The summed E-state index contributed by atoms with van der Waals surface area (Å²) < 4.78 is 0. The molecule has 30 heavy (non-hydrogen) atoms. The molecule has 0 aliphatic carbocycles. The van der Waals surface area contributed by atoms with Crippen molar-refractivity contribution >= 4 is 41.4 Å². The molecule has 0 fully saturated rings. The zero-order chi connectivity index (χ0) is 23.4. The fourth-order valence-electron chi connectivity index (χ4n) is 2.46. The zero-order valence-electron chi connectivity index (χ0n) is 17.8. The van der Waals surface area contributed by atoms with Crippen molar-refractivity contribution in [1.29, 1.82) is 0 Å². The van der Waals surface area contributed by atoms with E-state index in [2.05, 4.69) is 16.0 Å². The lowest BCUT2D eigenvalue weighted by Gasteiger charge is -2.24. The normalized spacial score (nSPS) is 14.9. The van der Waals surface area contributed by atoms with Gasteiger partial charge >= 0.3 is 5.97 Å². The fourth-order valence-corrected chi connectivity index (χ4v) is 2.93. The van der Waals surface area contributed by atoms with Crippen LogP contribution < -0.4 is 27.4 Å². The van der Waals surface area contributed by atoms with Gasteiger partial charge in [0.2, 0.25) is 23.6 Å². The van der Waals surface area contributed by atoms with Gasteiger partial charge < -0.3 is 32.5 Å². The molecule has 0 rings (SSSR count). The standard InChI is InChI=1S/C18H33N5O6S/c1-9(2)7-13(17(27)22-12(18(28)29)5-6-30-4)23-15(25)10(3)21-16(26)11(19)8-14(20)24/h9-13H,5-8,19H2,1-4H3,(H2,20,24)(H,21,26)(H,22,27)(H,23,25)(H,28,29). The Kier molecular flexibility index (Phi) is 12.7. The molecule has 0 spiro atoms. The number of primary amides is 1. The molecular weight excluding hydrogens is 414 g/mol. The van der Waals surface area contributed by atoms with E-state index < -0.39 is 53.8 Å². The summed E-state index contributed by atoms with van der Waals surface area (Å²) in [5.41, 5.74) is 10.5. The number of nitrogens with two attached hydrogens (primary N) is 2. The molecule has 8 N–H and O–H groups in total. The maximum Gasteiger partial charge on any atom is 0.326 e. The maximum absolute atomic E-state index is 12.6. The Morgan fingerprint density at radius 1 is 0.933 bits per heavy atom. The lowest BCUT2D eigenvalue weighted by molar-refractivity contribution is -0.142. The molecule has 0 heterocycles. The smallest absolute Gasteiger partial charge is 0.326 e. The topological polar surface area (TPSA) is 194 Å². The van der Waals surface area contributed by atoms with Crippen molar-refractivity contribution in [3.05, 3.63) is 0 Å². The van der Waals surface area contributed by atoms with Gasteiger partial charge in [0.15, 0.2) is 0 Å². The van der Waals surface area contributed by atoms with E-state index in [9.17, 15) is 29.1 Å². The second-order valence-corrected chi connectivity index (χ2v) is 8.36. The highest BCUT2D eigenvalue weighted by Crippen LogP contribution is 2.08. The van der Waals surface area contributed by atoms with Crippen molar-refractivity contribution in [3.63, 3.8) is 0 Å². The second kappa shape index (κ2) is 13.8. The molecule has 0 aliphatic heterocycles. The highest BCUT2D eigenvalue weighted by Gasteiger charge is 2.29. The first-order valence-electron chi connectivity index (χ1n) is 9.55. The van der Waals surface area contributed by atoms with Gasteiger partial charge in [0.25, 0.3) is 0 Å². The molecule has 0 radical (unpaired) electrons. The number of aliphatic carboxylic acids is 1. The van der Waals surface area contributed by atoms with Crippen LogP contribution in [-0.4, -0.2) is 70.9 Å². The van der Waals surface area contributed by atoms with E-state index in [1.54, 1.807) is 0 Å². The number of thioether (sulfide) groups is 1. The molecule has 11 nitrogen and oxygen atoms in total. The van der Waals surface area contributed by atoms with Gasteiger partial charge in [0.05, 0.1) is 12.5 Å². The van der Waals surface area contributed by atoms with Crippen molar-refractivity contribution in [2.24, 2.45) is 17.4 Å². The number of carbonyl (C=O) groups is 5. The number of hydrogen-bond acceptors (Lipinski definition) is 7. The lowest BCUT2D eigenvalue weighted by Crippen LogP contribution is -2.56. The van der Waals surface area contributed by atoms with Crippen LogP contribution in [0, 0.1) is 5.92 Å². The van der Waals surface area contributed by atoms with E-state index in [0.717, 1.165) is 0 Å². The summed E-state index contributed by atoms with van der Waals surface area (Å²) >= 11 is 1.46. The largest absolute Gasteiger partial charge is 0.480 e. The van der Waals surface area contributed by atoms with Gasteiger partial charge in [-0.3, -0.25) is 19.2 Å². The summed E-state index contributed by atoms with van der Waals surface area (Å²) in [4.78, 5) is 59.2. The van der Waals surface area contributed by atoms with E-state index in [1.807, 2.05) is 20.1 Å². The number of carboxylic acid groups (broad SMARTS) is 1. The average Bonchev–Trinajstić information content (AvgIpc) is 2.62. The number of amides is 4. The average molecular weight is 448 g/mol. The van der Waals surface area contributed by atoms with E-state index in [4.69, 9.17) is 11.5 Å². The van der Waals surface area contributed by atoms with Crippen molar-refractivity contribution in [1.82, 2.24) is 16.0 Å². The van der Waals surface area contributed by atoms with E-state index in [1.165, 1.54) is 18.7 Å². The molecule has 172 valence electrons. The van der Waals surface area contributed by atoms with Crippen LogP contribution in [0.25, 0.3) is 0 Å². The van der Waals surface area contributed by atoms with Crippen molar-refractivity contribution in [2.45, 2.75) is 64.2 Å².